The van der Waals surface area contributed by atoms with Crippen molar-refractivity contribution >= 4 is 23.2 Å². The van der Waals surface area contributed by atoms with Crippen LogP contribution in [0.3, 0.4) is 0 Å². The van der Waals surface area contributed by atoms with Crippen molar-refractivity contribution in [3.8, 4) is 6.07 Å². The van der Waals surface area contributed by atoms with Crippen molar-refractivity contribution in [2.75, 3.05) is 0 Å². The number of halogens is 2. The summed E-state index contributed by atoms with van der Waals surface area (Å²) in [6.45, 7) is 0. The van der Waals surface area contributed by atoms with Crippen LogP contribution < -0.4 is 0 Å². The molecule has 0 radical (unpaired) electrons. The van der Waals surface area contributed by atoms with Gasteiger partial charge in [-0.1, -0.05) is 35.3 Å². The van der Waals surface area contributed by atoms with Gasteiger partial charge in [-0.05, 0) is 59.4 Å². The largest absolute Gasteiger partial charge is 0.197 e. The highest BCUT2D eigenvalue weighted by Crippen LogP contribution is 2.35. The van der Waals surface area contributed by atoms with Crippen LogP contribution >= 0.6 is 23.2 Å². The quantitative estimate of drug-likeness (QED) is 0.686. The third kappa shape index (κ3) is 2.23. The molecule has 0 fully saturated rings. The Morgan fingerprint density at radius 3 is 1.79 bits per heavy atom. The van der Waals surface area contributed by atoms with Crippen LogP contribution in [-0.4, -0.2) is 0 Å². The topological polar surface area (TPSA) is 23.8 Å². The van der Waals surface area contributed by atoms with Gasteiger partial charge in [0.1, 0.15) is 0 Å². The van der Waals surface area contributed by atoms with Crippen LogP contribution in [0.1, 0.15) is 28.2 Å². The molecule has 2 aromatic carbocycles. The van der Waals surface area contributed by atoms with Gasteiger partial charge >= 0.3 is 0 Å². The number of nitriles is 1. The predicted molar refractivity (Wildman–Crippen MR) is 77.8 cm³/mol. The highest BCUT2D eigenvalue weighted by atomic mass is 35.5. The predicted octanol–water partition coefficient (Wildman–Crippen LogP) is 4.75. The molecule has 3 heteroatoms. The number of hydrogen-bond donors (Lipinski definition) is 0. The maximum absolute atomic E-state index is 9.53. The van der Waals surface area contributed by atoms with Crippen molar-refractivity contribution < 1.29 is 0 Å². The van der Waals surface area contributed by atoms with Crippen molar-refractivity contribution in [1.29, 1.82) is 5.26 Å². The SMILES string of the molecule is N#CC1c2ccc(Cl)cc2CCc2cc(Cl)ccc21. The summed E-state index contributed by atoms with van der Waals surface area (Å²) in [6.07, 6.45) is 1.78. The van der Waals surface area contributed by atoms with E-state index in [9.17, 15) is 5.26 Å². The van der Waals surface area contributed by atoms with Crippen molar-refractivity contribution in [3.63, 3.8) is 0 Å². The summed E-state index contributed by atoms with van der Waals surface area (Å²) in [4.78, 5) is 0. The molecule has 0 N–H and O–H groups in total. The van der Waals surface area contributed by atoms with Gasteiger partial charge in [-0.2, -0.15) is 5.26 Å². The van der Waals surface area contributed by atoms with Crippen LogP contribution in [0.2, 0.25) is 10.0 Å². The molecule has 0 saturated carbocycles. The molecule has 94 valence electrons. The van der Waals surface area contributed by atoms with E-state index in [2.05, 4.69) is 6.07 Å². The molecule has 0 heterocycles. The van der Waals surface area contributed by atoms with Gasteiger partial charge in [-0.3, -0.25) is 0 Å². The average Bonchev–Trinajstić information content (AvgIpc) is 2.54. The van der Waals surface area contributed by atoms with E-state index >= 15 is 0 Å². The molecule has 19 heavy (non-hydrogen) atoms. The molecular weight excluding hydrogens is 277 g/mol. The first-order valence-corrected chi connectivity index (χ1v) is 6.91. The van der Waals surface area contributed by atoms with Crippen LogP contribution in [0.4, 0.5) is 0 Å². The maximum Gasteiger partial charge on any atom is 0.0968 e. The van der Waals surface area contributed by atoms with Gasteiger partial charge in [-0.25, -0.2) is 0 Å². The molecule has 0 atom stereocenters. The lowest BCUT2D eigenvalue weighted by molar-refractivity contribution is 0.965. The zero-order valence-corrected chi connectivity index (χ0v) is 11.7. The van der Waals surface area contributed by atoms with Crippen LogP contribution in [-0.2, 0) is 12.8 Å². The minimum Gasteiger partial charge on any atom is -0.197 e. The summed E-state index contributed by atoms with van der Waals surface area (Å²) in [7, 11) is 0. The molecule has 0 aliphatic heterocycles. The minimum absolute atomic E-state index is 0.234. The normalized spacial score (nSPS) is 14.2. The van der Waals surface area contributed by atoms with E-state index in [4.69, 9.17) is 23.2 Å². The van der Waals surface area contributed by atoms with E-state index in [0.29, 0.717) is 0 Å². The first-order chi connectivity index (χ1) is 9.19. The van der Waals surface area contributed by atoms with Crippen LogP contribution in [0.15, 0.2) is 36.4 Å². The number of fused-ring (bicyclic) bond motifs is 2. The standard InChI is InChI=1S/C16H11Cl2N/c17-12-3-5-14-10(7-12)1-2-11-8-13(18)4-6-15(11)16(14)9-19/h3-8,16H,1-2H2. The van der Waals surface area contributed by atoms with Crippen LogP contribution in [0.5, 0.6) is 0 Å². The summed E-state index contributed by atoms with van der Waals surface area (Å²) in [5.74, 6) is -0.234. The van der Waals surface area contributed by atoms with Crippen LogP contribution in [0.25, 0.3) is 0 Å². The molecule has 0 unspecified atom stereocenters. The molecule has 1 aliphatic rings. The fourth-order valence-corrected chi connectivity index (χ4v) is 3.11. The lowest BCUT2D eigenvalue weighted by Gasteiger charge is -2.13. The average molecular weight is 288 g/mol. The molecule has 0 spiro atoms. The fraction of sp³-hybridized carbons (Fsp3) is 0.188. The molecule has 0 aromatic heterocycles. The van der Waals surface area contributed by atoms with Gasteiger partial charge in [0.15, 0.2) is 0 Å². The summed E-state index contributed by atoms with van der Waals surface area (Å²) in [6, 6.07) is 14.0. The Bertz CT molecular complexity index is 632. The van der Waals surface area contributed by atoms with E-state index in [1.54, 1.807) is 0 Å². The lowest BCUT2D eigenvalue weighted by Crippen LogP contribution is -2.01. The summed E-state index contributed by atoms with van der Waals surface area (Å²) in [5.41, 5.74) is 4.44. The number of nitrogens with zero attached hydrogens (tertiary/aromatic N) is 1. The van der Waals surface area contributed by atoms with Gasteiger partial charge in [0.2, 0.25) is 0 Å². The molecule has 3 rings (SSSR count). The Hall–Kier alpha value is -1.49. The Kier molecular flexibility index (Phi) is 3.22. The second-order valence-electron chi connectivity index (χ2n) is 4.75. The monoisotopic (exact) mass is 287 g/mol. The first kappa shape index (κ1) is 12.5. The van der Waals surface area contributed by atoms with E-state index in [0.717, 1.165) is 45.1 Å². The van der Waals surface area contributed by atoms with Crippen molar-refractivity contribution in [1.82, 2.24) is 0 Å². The second-order valence-corrected chi connectivity index (χ2v) is 5.62. The van der Waals surface area contributed by atoms with Crippen molar-refractivity contribution in [2.45, 2.75) is 18.8 Å². The minimum atomic E-state index is -0.234. The number of rotatable bonds is 0. The van der Waals surface area contributed by atoms with Crippen molar-refractivity contribution in [2.24, 2.45) is 0 Å². The Morgan fingerprint density at radius 2 is 1.37 bits per heavy atom. The van der Waals surface area contributed by atoms with Gasteiger partial charge in [0, 0.05) is 10.0 Å². The number of hydrogen-bond acceptors (Lipinski definition) is 1. The third-order valence-electron chi connectivity index (χ3n) is 3.62. The highest BCUT2D eigenvalue weighted by molar-refractivity contribution is 6.31. The zero-order valence-electron chi connectivity index (χ0n) is 10.2. The Balaban J connectivity index is 2.21. The van der Waals surface area contributed by atoms with E-state index in [1.807, 2.05) is 36.4 Å². The van der Waals surface area contributed by atoms with E-state index in [-0.39, 0.29) is 5.92 Å². The van der Waals surface area contributed by atoms with Gasteiger partial charge in [0.25, 0.3) is 0 Å². The van der Waals surface area contributed by atoms with Gasteiger partial charge in [-0.15, -0.1) is 0 Å². The van der Waals surface area contributed by atoms with E-state index in [1.165, 1.54) is 0 Å². The second kappa shape index (κ2) is 4.89. The Morgan fingerprint density at radius 1 is 0.895 bits per heavy atom. The summed E-state index contributed by atoms with van der Waals surface area (Å²) < 4.78 is 0. The van der Waals surface area contributed by atoms with E-state index < -0.39 is 0 Å². The molecule has 2 aromatic rings. The van der Waals surface area contributed by atoms with Gasteiger partial charge in [0.05, 0.1) is 12.0 Å². The summed E-state index contributed by atoms with van der Waals surface area (Å²) >= 11 is 12.1. The molecule has 0 saturated heterocycles. The van der Waals surface area contributed by atoms with Crippen molar-refractivity contribution in [3.05, 3.63) is 68.7 Å². The van der Waals surface area contributed by atoms with Crippen LogP contribution in [0, 0.1) is 11.3 Å². The molecular formula is C16H11Cl2N. The maximum atomic E-state index is 9.53. The van der Waals surface area contributed by atoms with Gasteiger partial charge < -0.3 is 0 Å². The smallest absolute Gasteiger partial charge is 0.0968 e. The molecule has 0 amide bonds. The highest BCUT2D eigenvalue weighted by Gasteiger charge is 2.23. The third-order valence-corrected chi connectivity index (χ3v) is 4.10. The molecule has 1 aliphatic carbocycles. The summed E-state index contributed by atoms with van der Waals surface area (Å²) in [5, 5.41) is 11.0. The molecule has 0 bridgehead atoms. The first-order valence-electron chi connectivity index (χ1n) is 6.15. The number of aryl methyl sites for hydroxylation is 2. The lowest BCUT2D eigenvalue weighted by atomic mass is 9.89. The fourth-order valence-electron chi connectivity index (χ4n) is 2.72. The number of benzene rings is 2. The zero-order chi connectivity index (χ0) is 13.4. The molecule has 1 nitrogen and oxygen atoms in total. The Labute approximate surface area is 122 Å².